The number of amides is 3. The van der Waals surface area contributed by atoms with Gasteiger partial charge in [0, 0.05) is 45.0 Å². The van der Waals surface area contributed by atoms with E-state index in [-0.39, 0.29) is 45.2 Å². The van der Waals surface area contributed by atoms with Gasteiger partial charge in [-0.15, -0.1) is 0 Å². The van der Waals surface area contributed by atoms with Crippen LogP contribution in [0.4, 0.5) is 10.5 Å². The van der Waals surface area contributed by atoms with E-state index >= 15 is 0 Å². The first-order valence-electron chi connectivity index (χ1n) is 12.3. The Morgan fingerprint density at radius 3 is 2.41 bits per heavy atom. The van der Waals surface area contributed by atoms with Crippen LogP contribution in [0.5, 0.6) is 0 Å². The lowest BCUT2D eigenvalue weighted by atomic mass is 9.78. The highest BCUT2D eigenvalue weighted by Gasteiger charge is 2.47. The summed E-state index contributed by atoms with van der Waals surface area (Å²) in [6.07, 6.45) is 3.55. The predicted molar refractivity (Wildman–Crippen MR) is 138 cm³/mol. The number of nitrogens with one attached hydrogen (secondary N) is 3. The smallest absolute Gasteiger partial charge is 0.410 e. The number of carbonyl (C=O) groups excluding carboxylic acids is 3. The average Bonchev–Trinajstić information content (AvgIpc) is 3.33. The topological polar surface area (TPSA) is 146 Å². The summed E-state index contributed by atoms with van der Waals surface area (Å²) in [5, 5.41) is 12.6. The molecule has 0 spiro atoms. The minimum absolute atomic E-state index is 0.0361. The monoisotopic (exact) mass is 549 g/mol. The van der Waals surface area contributed by atoms with Crippen molar-refractivity contribution in [3.05, 3.63) is 45.7 Å². The Morgan fingerprint density at radius 1 is 1.08 bits per heavy atom. The van der Waals surface area contributed by atoms with Gasteiger partial charge in [-0.05, 0) is 37.8 Å². The zero-order valence-corrected chi connectivity index (χ0v) is 21.6. The van der Waals surface area contributed by atoms with E-state index in [1.807, 2.05) is 0 Å². The second kappa shape index (κ2) is 10.5. The van der Waals surface area contributed by atoms with E-state index in [4.69, 9.17) is 33.7 Å². The molecule has 1 atom stereocenters. The molecule has 4 fully saturated rings. The third-order valence-electron chi connectivity index (χ3n) is 7.48. The number of ether oxygens (including phenoxy) is 1. The Hall–Kier alpha value is -2.86. The molecule has 1 aromatic carbocycles. The third kappa shape index (κ3) is 5.40. The Morgan fingerprint density at radius 2 is 1.76 bits per heavy atom. The summed E-state index contributed by atoms with van der Waals surface area (Å²) in [6, 6.07) is 4.58. The van der Waals surface area contributed by atoms with Gasteiger partial charge in [0.15, 0.2) is 5.69 Å². The number of halogens is 2. The van der Waals surface area contributed by atoms with Crippen LogP contribution in [-0.4, -0.2) is 88.3 Å². The SMILES string of the molecule is NC12CCN(CC1)CC2OC(=O)N1CCC(NC(=O)c2n[nH]cc2NC(=O)c2c(Cl)cccc2Cl)CC1. The lowest BCUT2D eigenvalue weighted by Crippen LogP contribution is -2.67. The lowest BCUT2D eigenvalue weighted by molar-refractivity contribution is -0.0598. The lowest BCUT2D eigenvalue weighted by Gasteiger charge is -2.51. The third-order valence-corrected chi connectivity index (χ3v) is 8.11. The Balaban J connectivity index is 1.13. The number of likely N-dealkylation sites (tertiary alicyclic amines) is 1. The standard InChI is InChI=1S/C24H29Cl2N7O4/c25-15-2-1-3-16(26)19(15)21(34)30-17-12-28-31-20(17)22(35)29-14-4-8-33(9-5-14)23(36)37-18-13-32-10-6-24(18,27)7-11-32/h1-3,12,14,18H,4-11,13,27H2,(H,28,31)(H,29,35)(H,30,34). The molecule has 1 aromatic heterocycles. The van der Waals surface area contributed by atoms with Crippen LogP contribution in [0.3, 0.4) is 0 Å². The molecule has 0 saturated carbocycles. The number of nitrogens with zero attached hydrogens (tertiary/aromatic N) is 3. The first-order chi connectivity index (χ1) is 17.7. The molecular formula is C24H29Cl2N7O4. The van der Waals surface area contributed by atoms with E-state index in [1.165, 1.54) is 6.20 Å². The highest BCUT2D eigenvalue weighted by molar-refractivity contribution is 6.40. The molecule has 0 aliphatic carbocycles. The number of aromatic amines is 1. The van der Waals surface area contributed by atoms with Crippen molar-refractivity contribution in [1.82, 2.24) is 25.3 Å². The number of nitrogens with two attached hydrogens (primary N) is 1. The normalized spacial score (nSPS) is 25.5. The highest BCUT2D eigenvalue weighted by atomic mass is 35.5. The first kappa shape index (κ1) is 25.8. The minimum atomic E-state index is -0.555. The molecule has 2 bridgehead atoms. The number of hydrogen-bond donors (Lipinski definition) is 4. The minimum Gasteiger partial charge on any atom is -0.443 e. The van der Waals surface area contributed by atoms with Crippen LogP contribution in [0.1, 0.15) is 46.5 Å². The summed E-state index contributed by atoms with van der Waals surface area (Å²) < 4.78 is 5.81. The molecule has 5 heterocycles. The van der Waals surface area contributed by atoms with Crippen molar-refractivity contribution < 1.29 is 19.1 Å². The number of fused-ring (bicyclic) bond motifs is 3. The van der Waals surface area contributed by atoms with Crippen molar-refractivity contribution in [3.63, 3.8) is 0 Å². The molecule has 11 nitrogen and oxygen atoms in total. The van der Waals surface area contributed by atoms with Crippen LogP contribution in [-0.2, 0) is 4.74 Å². The molecule has 3 amide bonds. The summed E-state index contributed by atoms with van der Waals surface area (Å²) in [6.45, 7) is 3.48. The number of benzene rings is 1. The molecule has 4 aliphatic rings. The van der Waals surface area contributed by atoms with Crippen molar-refractivity contribution in [3.8, 4) is 0 Å². The maximum atomic E-state index is 12.9. The fourth-order valence-corrected chi connectivity index (χ4v) is 5.73. The maximum absolute atomic E-state index is 12.9. The molecule has 2 aromatic rings. The fourth-order valence-electron chi connectivity index (χ4n) is 5.16. The first-order valence-corrected chi connectivity index (χ1v) is 13.1. The molecule has 4 aliphatic heterocycles. The fraction of sp³-hybridized carbons (Fsp3) is 0.500. The molecule has 198 valence electrons. The van der Waals surface area contributed by atoms with Crippen molar-refractivity contribution in [2.45, 2.75) is 43.4 Å². The van der Waals surface area contributed by atoms with Crippen molar-refractivity contribution in [1.29, 1.82) is 0 Å². The predicted octanol–water partition coefficient (Wildman–Crippen LogP) is 2.48. The van der Waals surface area contributed by atoms with Crippen molar-refractivity contribution in [2.24, 2.45) is 5.73 Å². The van der Waals surface area contributed by atoms with Crippen LogP contribution in [0, 0.1) is 0 Å². The van der Waals surface area contributed by atoms with E-state index in [2.05, 4.69) is 25.7 Å². The number of rotatable bonds is 5. The van der Waals surface area contributed by atoms with Gasteiger partial charge in [0.25, 0.3) is 11.8 Å². The molecule has 0 radical (unpaired) electrons. The molecule has 13 heteroatoms. The summed E-state index contributed by atoms with van der Waals surface area (Å²) in [5.74, 6) is -1.000. The molecule has 4 saturated heterocycles. The Bertz CT molecular complexity index is 1170. The molecule has 6 rings (SSSR count). The van der Waals surface area contributed by atoms with Gasteiger partial charge in [0.2, 0.25) is 0 Å². The summed E-state index contributed by atoms with van der Waals surface area (Å²) in [7, 11) is 0. The number of H-pyrrole nitrogens is 1. The van der Waals surface area contributed by atoms with Crippen LogP contribution < -0.4 is 16.4 Å². The zero-order chi connectivity index (χ0) is 26.2. The number of aromatic nitrogens is 2. The number of carbonyl (C=O) groups is 3. The Labute approximate surface area is 224 Å². The van der Waals surface area contributed by atoms with Gasteiger partial charge in [-0.1, -0.05) is 29.3 Å². The van der Waals surface area contributed by atoms with Crippen LogP contribution in [0.25, 0.3) is 0 Å². The largest absolute Gasteiger partial charge is 0.443 e. The Kier molecular flexibility index (Phi) is 7.30. The molecule has 5 N–H and O–H groups in total. The van der Waals surface area contributed by atoms with Crippen LogP contribution >= 0.6 is 23.2 Å². The number of hydrogen-bond acceptors (Lipinski definition) is 7. The van der Waals surface area contributed by atoms with Gasteiger partial charge >= 0.3 is 6.09 Å². The van der Waals surface area contributed by atoms with E-state index in [0.29, 0.717) is 32.5 Å². The second-order valence-electron chi connectivity index (χ2n) is 9.84. The average molecular weight is 550 g/mol. The van der Waals surface area contributed by atoms with Gasteiger partial charge in [-0.2, -0.15) is 5.10 Å². The van der Waals surface area contributed by atoms with Crippen molar-refractivity contribution in [2.75, 3.05) is 38.0 Å². The van der Waals surface area contributed by atoms with Crippen LogP contribution in [0.15, 0.2) is 24.4 Å². The van der Waals surface area contributed by atoms with E-state index in [1.54, 1.807) is 23.1 Å². The van der Waals surface area contributed by atoms with Gasteiger partial charge < -0.3 is 26.0 Å². The summed E-state index contributed by atoms with van der Waals surface area (Å²) in [4.78, 5) is 42.3. The summed E-state index contributed by atoms with van der Waals surface area (Å²) in [5.41, 5.74) is 6.42. The highest BCUT2D eigenvalue weighted by Crippen LogP contribution is 2.32. The van der Waals surface area contributed by atoms with E-state index in [0.717, 1.165) is 25.9 Å². The summed E-state index contributed by atoms with van der Waals surface area (Å²) >= 11 is 12.2. The van der Waals surface area contributed by atoms with E-state index < -0.39 is 17.4 Å². The maximum Gasteiger partial charge on any atom is 0.410 e. The second-order valence-corrected chi connectivity index (χ2v) is 10.7. The van der Waals surface area contributed by atoms with Crippen LogP contribution in [0.2, 0.25) is 10.0 Å². The van der Waals surface area contributed by atoms with Crippen molar-refractivity contribution >= 4 is 46.8 Å². The molecule has 37 heavy (non-hydrogen) atoms. The number of anilines is 1. The quantitative estimate of drug-likeness (QED) is 0.448. The van der Waals surface area contributed by atoms with E-state index in [9.17, 15) is 14.4 Å². The molecular weight excluding hydrogens is 521 g/mol. The van der Waals surface area contributed by atoms with Gasteiger partial charge in [0.05, 0.1) is 26.8 Å². The zero-order valence-electron chi connectivity index (χ0n) is 20.1. The van der Waals surface area contributed by atoms with Gasteiger partial charge in [-0.3, -0.25) is 19.6 Å². The van der Waals surface area contributed by atoms with Gasteiger partial charge in [-0.25, -0.2) is 4.79 Å². The molecule has 1 unspecified atom stereocenters. The van der Waals surface area contributed by atoms with Gasteiger partial charge in [0.1, 0.15) is 6.10 Å². The number of piperidine rings is 4.